The fourth-order valence-electron chi connectivity index (χ4n) is 2.01. The minimum absolute atomic E-state index is 0.122. The Labute approximate surface area is 114 Å². The van der Waals surface area contributed by atoms with Crippen LogP contribution in [-0.2, 0) is 0 Å². The van der Waals surface area contributed by atoms with Gasteiger partial charge in [-0.05, 0) is 36.4 Å². The maximum absolute atomic E-state index is 9.23. The molecule has 0 spiro atoms. The van der Waals surface area contributed by atoms with Crippen molar-refractivity contribution in [1.82, 2.24) is 24.7 Å². The second-order valence-electron chi connectivity index (χ2n) is 4.55. The van der Waals surface area contributed by atoms with Crippen molar-refractivity contribution >= 4 is 17.5 Å². The van der Waals surface area contributed by atoms with Crippen LogP contribution in [0, 0.1) is 5.92 Å². The highest BCUT2D eigenvalue weighted by atomic mass is 35.5. The molecule has 1 fully saturated rings. The van der Waals surface area contributed by atoms with E-state index in [1.54, 1.807) is 18.5 Å². The van der Waals surface area contributed by atoms with E-state index in [0.717, 1.165) is 19.4 Å². The van der Waals surface area contributed by atoms with E-state index < -0.39 is 0 Å². The van der Waals surface area contributed by atoms with E-state index in [2.05, 4.69) is 25.4 Å². The lowest BCUT2D eigenvalue weighted by Gasteiger charge is -2.31. The number of anilines is 1. The van der Waals surface area contributed by atoms with Crippen LogP contribution < -0.4 is 5.32 Å². The molecular formula is C11H13ClN6O. The van der Waals surface area contributed by atoms with E-state index in [1.807, 2.05) is 0 Å². The van der Waals surface area contributed by atoms with Crippen molar-refractivity contribution in [3.8, 4) is 5.95 Å². The van der Waals surface area contributed by atoms with Gasteiger partial charge in [0.15, 0.2) is 0 Å². The standard InChI is InChI=1S/C11H13ClN6O/c12-9-15-10(13-6-7-4-8(19)5-7)17-11(16-9)18-3-1-2-14-18/h1-3,7-8,19H,4-6H2,(H,13,15,16,17). The van der Waals surface area contributed by atoms with Gasteiger partial charge in [-0.2, -0.15) is 20.1 Å². The number of aromatic nitrogens is 5. The lowest BCUT2D eigenvalue weighted by Crippen LogP contribution is -2.33. The number of aliphatic hydroxyl groups excluding tert-OH is 1. The zero-order chi connectivity index (χ0) is 13.2. The Morgan fingerprint density at radius 2 is 2.21 bits per heavy atom. The molecule has 100 valence electrons. The molecule has 0 unspecified atom stereocenters. The smallest absolute Gasteiger partial charge is 0.256 e. The topological polar surface area (TPSA) is 88.8 Å². The van der Waals surface area contributed by atoms with E-state index in [1.165, 1.54) is 4.68 Å². The molecule has 3 rings (SSSR count). The van der Waals surface area contributed by atoms with Crippen LogP contribution in [0.3, 0.4) is 0 Å². The largest absolute Gasteiger partial charge is 0.393 e. The van der Waals surface area contributed by atoms with Crippen LogP contribution in [0.15, 0.2) is 18.5 Å². The van der Waals surface area contributed by atoms with Crippen LogP contribution in [0.4, 0.5) is 5.95 Å². The summed E-state index contributed by atoms with van der Waals surface area (Å²) in [5.74, 6) is 1.26. The van der Waals surface area contributed by atoms with E-state index in [9.17, 15) is 5.11 Å². The van der Waals surface area contributed by atoms with E-state index in [4.69, 9.17) is 11.6 Å². The highest BCUT2D eigenvalue weighted by Gasteiger charge is 2.26. The van der Waals surface area contributed by atoms with Crippen molar-refractivity contribution in [2.75, 3.05) is 11.9 Å². The van der Waals surface area contributed by atoms with E-state index in [-0.39, 0.29) is 11.4 Å². The SMILES string of the molecule is OC1CC(CNc2nc(Cl)nc(-n3cccn3)n2)C1. The average molecular weight is 281 g/mol. The highest BCUT2D eigenvalue weighted by Crippen LogP contribution is 2.27. The minimum Gasteiger partial charge on any atom is -0.393 e. The maximum Gasteiger partial charge on any atom is 0.256 e. The van der Waals surface area contributed by atoms with Gasteiger partial charge in [0, 0.05) is 18.9 Å². The molecule has 0 amide bonds. The second-order valence-corrected chi connectivity index (χ2v) is 4.89. The number of nitrogens with one attached hydrogen (secondary N) is 1. The molecule has 0 radical (unpaired) electrons. The Kier molecular flexibility index (Phi) is 3.31. The van der Waals surface area contributed by atoms with Crippen molar-refractivity contribution in [2.24, 2.45) is 5.92 Å². The van der Waals surface area contributed by atoms with Gasteiger partial charge in [-0.25, -0.2) is 4.68 Å². The molecule has 2 heterocycles. The van der Waals surface area contributed by atoms with Crippen LogP contribution >= 0.6 is 11.6 Å². The van der Waals surface area contributed by atoms with Crippen LogP contribution in [0.25, 0.3) is 5.95 Å². The Morgan fingerprint density at radius 1 is 1.37 bits per heavy atom. The molecule has 7 nitrogen and oxygen atoms in total. The first-order chi connectivity index (χ1) is 9.20. The molecule has 1 aliphatic carbocycles. The lowest BCUT2D eigenvalue weighted by molar-refractivity contribution is 0.0486. The third kappa shape index (κ3) is 2.82. The number of nitrogens with zero attached hydrogens (tertiary/aromatic N) is 5. The van der Waals surface area contributed by atoms with Crippen molar-refractivity contribution in [3.05, 3.63) is 23.7 Å². The average Bonchev–Trinajstić information content (AvgIpc) is 2.86. The molecular weight excluding hydrogens is 268 g/mol. The molecule has 0 aliphatic heterocycles. The summed E-state index contributed by atoms with van der Waals surface area (Å²) in [5, 5.41) is 16.5. The number of hydrogen-bond acceptors (Lipinski definition) is 6. The quantitative estimate of drug-likeness (QED) is 0.865. The summed E-state index contributed by atoms with van der Waals surface area (Å²) in [7, 11) is 0. The molecule has 19 heavy (non-hydrogen) atoms. The van der Waals surface area contributed by atoms with Gasteiger partial charge >= 0.3 is 0 Å². The van der Waals surface area contributed by atoms with E-state index in [0.29, 0.717) is 17.8 Å². The number of aliphatic hydroxyl groups is 1. The first-order valence-corrected chi connectivity index (χ1v) is 6.42. The van der Waals surface area contributed by atoms with Crippen LogP contribution in [0.1, 0.15) is 12.8 Å². The molecule has 0 aromatic carbocycles. The number of rotatable bonds is 4. The first-order valence-electron chi connectivity index (χ1n) is 6.04. The van der Waals surface area contributed by atoms with Crippen molar-refractivity contribution < 1.29 is 5.11 Å². The summed E-state index contributed by atoms with van der Waals surface area (Å²) < 4.78 is 1.52. The molecule has 0 saturated heterocycles. The van der Waals surface area contributed by atoms with E-state index >= 15 is 0 Å². The molecule has 8 heteroatoms. The first kappa shape index (κ1) is 12.3. The van der Waals surface area contributed by atoms with Gasteiger partial charge in [-0.3, -0.25) is 0 Å². The van der Waals surface area contributed by atoms with Gasteiger partial charge < -0.3 is 10.4 Å². The fourth-order valence-corrected chi connectivity index (χ4v) is 2.17. The zero-order valence-corrected chi connectivity index (χ0v) is 10.8. The fraction of sp³-hybridized carbons (Fsp3) is 0.455. The normalized spacial score (nSPS) is 22.0. The Bertz CT molecular complexity index is 554. The number of halogens is 1. The van der Waals surface area contributed by atoms with Crippen molar-refractivity contribution in [2.45, 2.75) is 18.9 Å². The minimum atomic E-state index is -0.159. The predicted molar refractivity (Wildman–Crippen MR) is 69.2 cm³/mol. The molecule has 1 aliphatic rings. The summed E-state index contributed by atoms with van der Waals surface area (Å²) in [6, 6.07) is 1.78. The third-order valence-electron chi connectivity index (χ3n) is 3.07. The van der Waals surface area contributed by atoms with Gasteiger partial charge in [-0.1, -0.05) is 0 Å². The van der Waals surface area contributed by atoms with Gasteiger partial charge in [0.25, 0.3) is 5.95 Å². The van der Waals surface area contributed by atoms with Crippen molar-refractivity contribution in [1.29, 1.82) is 0 Å². The molecule has 2 N–H and O–H groups in total. The molecule has 0 atom stereocenters. The van der Waals surface area contributed by atoms with Crippen LogP contribution in [0.2, 0.25) is 5.28 Å². The van der Waals surface area contributed by atoms with Gasteiger partial charge in [0.05, 0.1) is 6.10 Å². The Balaban J connectivity index is 1.71. The summed E-state index contributed by atoms with van der Waals surface area (Å²) in [4.78, 5) is 12.3. The van der Waals surface area contributed by atoms with Gasteiger partial charge in [-0.15, -0.1) is 0 Å². The van der Waals surface area contributed by atoms with Crippen LogP contribution in [0.5, 0.6) is 0 Å². The summed E-state index contributed by atoms with van der Waals surface area (Å²) in [5.41, 5.74) is 0. The summed E-state index contributed by atoms with van der Waals surface area (Å²) in [6.45, 7) is 0.718. The predicted octanol–water partition coefficient (Wildman–Crippen LogP) is 0.893. The van der Waals surface area contributed by atoms with Crippen molar-refractivity contribution in [3.63, 3.8) is 0 Å². The zero-order valence-electron chi connectivity index (χ0n) is 10.1. The molecule has 0 bridgehead atoms. The Morgan fingerprint density at radius 3 is 2.89 bits per heavy atom. The second kappa shape index (κ2) is 5.10. The summed E-state index contributed by atoms with van der Waals surface area (Å²) in [6.07, 6.45) is 4.85. The van der Waals surface area contributed by atoms with Gasteiger partial charge in [0.2, 0.25) is 11.2 Å². The lowest BCUT2D eigenvalue weighted by atomic mass is 9.82. The highest BCUT2D eigenvalue weighted by molar-refractivity contribution is 6.28. The molecule has 2 aromatic heterocycles. The maximum atomic E-state index is 9.23. The summed E-state index contributed by atoms with van der Waals surface area (Å²) >= 11 is 5.87. The van der Waals surface area contributed by atoms with Crippen LogP contribution in [-0.4, -0.2) is 42.5 Å². The molecule has 2 aromatic rings. The number of hydrogen-bond donors (Lipinski definition) is 2. The Hall–Kier alpha value is -1.73. The monoisotopic (exact) mass is 280 g/mol. The molecule has 1 saturated carbocycles. The van der Waals surface area contributed by atoms with Gasteiger partial charge in [0.1, 0.15) is 0 Å². The third-order valence-corrected chi connectivity index (χ3v) is 3.23.